The first-order valence-electron chi connectivity index (χ1n) is 7.60. The number of carbonyl (C=O) groups is 2. The second kappa shape index (κ2) is 5.56. The molecule has 122 valence electrons. The van der Waals surface area contributed by atoms with E-state index in [1.165, 1.54) is 11.3 Å². The summed E-state index contributed by atoms with van der Waals surface area (Å²) in [5.41, 5.74) is 1.04. The molecule has 0 saturated carbocycles. The molecule has 0 fully saturated rings. The van der Waals surface area contributed by atoms with Gasteiger partial charge >= 0.3 is 0 Å². The smallest absolute Gasteiger partial charge is 0.293 e. The van der Waals surface area contributed by atoms with E-state index in [2.05, 4.69) is 15.5 Å². The molecular formula is C16H19N3O3S. The summed E-state index contributed by atoms with van der Waals surface area (Å²) in [5, 5.41) is 11.9. The van der Waals surface area contributed by atoms with Gasteiger partial charge < -0.3 is 4.42 Å². The van der Waals surface area contributed by atoms with Crippen molar-refractivity contribution in [1.82, 2.24) is 10.2 Å². The average Bonchev–Trinajstić information content (AvgIpc) is 3.02. The lowest BCUT2D eigenvalue weighted by Crippen LogP contribution is -2.26. The third-order valence-electron chi connectivity index (χ3n) is 3.97. The van der Waals surface area contributed by atoms with Gasteiger partial charge in [-0.3, -0.25) is 14.9 Å². The van der Waals surface area contributed by atoms with E-state index in [9.17, 15) is 9.59 Å². The van der Waals surface area contributed by atoms with Crippen molar-refractivity contribution in [2.45, 2.75) is 47.0 Å². The molecule has 0 unspecified atom stereocenters. The molecule has 1 aliphatic rings. The van der Waals surface area contributed by atoms with Crippen molar-refractivity contribution < 1.29 is 14.0 Å². The molecule has 1 aliphatic carbocycles. The fourth-order valence-corrected chi connectivity index (χ4v) is 3.57. The first-order valence-corrected chi connectivity index (χ1v) is 8.41. The van der Waals surface area contributed by atoms with Crippen molar-refractivity contribution >= 4 is 28.2 Å². The van der Waals surface area contributed by atoms with Crippen LogP contribution in [0.15, 0.2) is 4.42 Å². The average molecular weight is 333 g/mol. The van der Waals surface area contributed by atoms with Crippen LogP contribution >= 0.6 is 11.3 Å². The highest BCUT2D eigenvalue weighted by atomic mass is 32.1. The zero-order chi connectivity index (χ0) is 16.8. The standard InChI is InChI=1S/C16H19N3O3S/c1-5-11-18-19-15(23-11)17-14(21)13-8(2)12-9(20)6-16(3,4)7-10(12)22-13/h5-7H2,1-4H3,(H,17,19,21). The molecule has 1 N–H and O–H groups in total. The van der Waals surface area contributed by atoms with Crippen LogP contribution in [-0.2, 0) is 12.8 Å². The Bertz CT molecular complexity index is 789. The molecule has 0 saturated heterocycles. The number of nitrogens with zero attached hydrogens (tertiary/aromatic N) is 2. The van der Waals surface area contributed by atoms with E-state index in [4.69, 9.17) is 4.42 Å². The predicted octanol–water partition coefficient (Wildman–Crippen LogP) is 3.41. The zero-order valence-corrected chi connectivity index (χ0v) is 14.5. The van der Waals surface area contributed by atoms with Crippen LogP contribution in [0, 0.1) is 12.3 Å². The van der Waals surface area contributed by atoms with Gasteiger partial charge in [-0.2, -0.15) is 0 Å². The summed E-state index contributed by atoms with van der Waals surface area (Å²) in [6.07, 6.45) is 1.89. The number of amides is 1. The van der Waals surface area contributed by atoms with E-state index in [-0.39, 0.29) is 22.9 Å². The number of furan rings is 1. The van der Waals surface area contributed by atoms with Gasteiger partial charge in [0, 0.05) is 18.4 Å². The van der Waals surface area contributed by atoms with Crippen LogP contribution in [0.1, 0.15) is 64.4 Å². The summed E-state index contributed by atoms with van der Waals surface area (Å²) < 4.78 is 5.73. The molecule has 3 rings (SSSR count). The summed E-state index contributed by atoms with van der Waals surface area (Å²) in [4.78, 5) is 24.8. The molecule has 0 aliphatic heterocycles. The minimum Gasteiger partial charge on any atom is -0.455 e. The maximum absolute atomic E-state index is 12.4. The SMILES string of the molecule is CCc1nnc(NC(=O)c2oc3c(c2C)C(=O)CC(C)(C)C3)s1. The predicted molar refractivity (Wildman–Crippen MR) is 87.1 cm³/mol. The fraction of sp³-hybridized carbons (Fsp3) is 0.500. The topological polar surface area (TPSA) is 85.1 Å². The Hall–Kier alpha value is -2.02. The number of nitrogens with one attached hydrogen (secondary N) is 1. The van der Waals surface area contributed by atoms with Crippen LogP contribution in [0.5, 0.6) is 0 Å². The van der Waals surface area contributed by atoms with E-state index in [0.29, 0.717) is 34.9 Å². The molecule has 0 spiro atoms. The summed E-state index contributed by atoms with van der Waals surface area (Å²) in [6, 6.07) is 0. The normalized spacial score (nSPS) is 16.3. The first kappa shape index (κ1) is 15.9. The highest BCUT2D eigenvalue weighted by molar-refractivity contribution is 7.15. The van der Waals surface area contributed by atoms with Crippen LogP contribution < -0.4 is 5.32 Å². The van der Waals surface area contributed by atoms with Gasteiger partial charge in [0.2, 0.25) is 5.13 Å². The second-order valence-electron chi connectivity index (χ2n) is 6.60. The molecule has 2 aromatic rings. The summed E-state index contributed by atoms with van der Waals surface area (Å²) in [5.74, 6) is 0.455. The number of anilines is 1. The van der Waals surface area contributed by atoms with Crippen molar-refractivity contribution in [2.24, 2.45) is 5.41 Å². The lowest BCUT2D eigenvalue weighted by molar-refractivity contribution is 0.0898. The molecule has 23 heavy (non-hydrogen) atoms. The van der Waals surface area contributed by atoms with Gasteiger partial charge in [-0.25, -0.2) is 0 Å². The molecule has 1 amide bonds. The Kier molecular flexibility index (Phi) is 3.83. The van der Waals surface area contributed by atoms with Crippen molar-refractivity contribution in [3.05, 3.63) is 27.7 Å². The number of Topliss-reactive ketones (excluding diaryl/α,β-unsaturated/α-hetero) is 1. The lowest BCUT2D eigenvalue weighted by Gasteiger charge is -2.27. The molecule has 0 aromatic carbocycles. The number of rotatable bonds is 3. The Morgan fingerprint density at radius 3 is 2.74 bits per heavy atom. The lowest BCUT2D eigenvalue weighted by atomic mass is 9.76. The van der Waals surface area contributed by atoms with Gasteiger partial charge in [-0.15, -0.1) is 10.2 Å². The van der Waals surface area contributed by atoms with Crippen LogP contribution in [0.3, 0.4) is 0 Å². The molecule has 0 radical (unpaired) electrons. The van der Waals surface area contributed by atoms with Gasteiger partial charge in [0.05, 0.1) is 5.56 Å². The highest BCUT2D eigenvalue weighted by Crippen LogP contribution is 2.38. The number of aryl methyl sites for hydroxylation is 1. The van der Waals surface area contributed by atoms with E-state index in [0.717, 1.165) is 11.4 Å². The Balaban J connectivity index is 1.89. The fourth-order valence-electron chi connectivity index (χ4n) is 2.90. The van der Waals surface area contributed by atoms with Crippen LogP contribution in [0.4, 0.5) is 5.13 Å². The van der Waals surface area contributed by atoms with Crippen molar-refractivity contribution in [3.63, 3.8) is 0 Å². The van der Waals surface area contributed by atoms with Crippen LogP contribution in [0.2, 0.25) is 0 Å². The molecule has 7 heteroatoms. The molecule has 6 nitrogen and oxygen atoms in total. The Morgan fingerprint density at radius 1 is 1.35 bits per heavy atom. The minimum atomic E-state index is -0.388. The van der Waals surface area contributed by atoms with E-state index >= 15 is 0 Å². The molecule has 0 atom stereocenters. The van der Waals surface area contributed by atoms with Gasteiger partial charge in [0.1, 0.15) is 10.8 Å². The monoisotopic (exact) mass is 333 g/mol. The second-order valence-corrected chi connectivity index (χ2v) is 7.67. The van der Waals surface area contributed by atoms with Crippen molar-refractivity contribution in [1.29, 1.82) is 0 Å². The molecule has 0 bridgehead atoms. The largest absolute Gasteiger partial charge is 0.455 e. The van der Waals surface area contributed by atoms with E-state index in [1.54, 1.807) is 6.92 Å². The molecule has 2 heterocycles. The number of hydrogen-bond donors (Lipinski definition) is 1. The third-order valence-corrected chi connectivity index (χ3v) is 4.96. The van der Waals surface area contributed by atoms with Crippen LogP contribution in [-0.4, -0.2) is 21.9 Å². The van der Waals surface area contributed by atoms with Gasteiger partial charge in [-0.05, 0) is 18.8 Å². The number of fused-ring (bicyclic) bond motifs is 1. The van der Waals surface area contributed by atoms with Gasteiger partial charge in [0.25, 0.3) is 5.91 Å². The zero-order valence-electron chi connectivity index (χ0n) is 13.6. The molecular weight excluding hydrogens is 314 g/mol. The number of hydrogen-bond acceptors (Lipinski definition) is 6. The molecule has 2 aromatic heterocycles. The highest BCUT2D eigenvalue weighted by Gasteiger charge is 2.37. The van der Waals surface area contributed by atoms with Crippen molar-refractivity contribution in [3.8, 4) is 0 Å². The maximum Gasteiger partial charge on any atom is 0.293 e. The quantitative estimate of drug-likeness (QED) is 0.930. The summed E-state index contributed by atoms with van der Waals surface area (Å²) in [7, 11) is 0. The summed E-state index contributed by atoms with van der Waals surface area (Å²) >= 11 is 1.33. The Labute approximate surface area is 138 Å². The minimum absolute atomic E-state index is 0.0423. The summed E-state index contributed by atoms with van der Waals surface area (Å²) in [6.45, 7) is 7.78. The van der Waals surface area contributed by atoms with Crippen LogP contribution in [0.25, 0.3) is 0 Å². The van der Waals surface area contributed by atoms with Gasteiger partial charge in [0.15, 0.2) is 11.5 Å². The number of ketones is 1. The van der Waals surface area contributed by atoms with E-state index in [1.807, 2.05) is 20.8 Å². The third kappa shape index (κ3) is 2.93. The Morgan fingerprint density at radius 2 is 2.09 bits per heavy atom. The maximum atomic E-state index is 12.4. The van der Waals surface area contributed by atoms with Gasteiger partial charge in [-0.1, -0.05) is 32.1 Å². The number of carbonyl (C=O) groups excluding carboxylic acids is 2. The first-order chi connectivity index (χ1) is 10.8. The number of aromatic nitrogens is 2. The van der Waals surface area contributed by atoms with Crippen molar-refractivity contribution in [2.75, 3.05) is 5.32 Å². The van der Waals surface area contributed by atoms with E-state index < -0.39 is 0 Å².